The first-order chi connectivity index (χ1) is 5.52. The van der Waals surface area contributed by atoms with Crippen molar-refractivity contribution >= 4 is 0 Å². The predicted molar refractivity (Wildman–Crippen MR) is 35.3 cm³/mol. The normalized spacial score (nSPS) is 11.2. The quantitative estimate of drug-likeness (QED) is 0.381. The van der Waals surface area contributed by atoms with Gasteiger partial charge in [-0.3, -0.25) is 0 Å². The summed E-state index contributed by atoms with van der Waals surface area (Å²) in [6, 6.07) is 0. The fourth-order valence-corrected chi connectivity index (χ4v) is 1.17. The molecule has 0 radical (unpaired) electrons. The first kappa shape index (κ1) is 12.4. The third-order valence-electron chi connectivity index (χ3n) is 0.617. The van der Waals surface area contributed by atoms with Gasteiger partial charge in [-0.25, -0.2) is 0 Å². The van der Waals surface area contributed by atoms with E-state index >= 15 is 0 Å². The second-order valence-electron chi connectivity index (χ2n) is 2.71. The van der Waals surface area contributed by atoms with Crippen LogP contribution in [0.4, 0.5) is 0 Å². The van der Waals surface area contributed by atoms with Gasteiger partial charge < -0.3 is 0 Å². The fraction of sp³-hybridized carbons (Fsp3) is 1.00. The van der Waals surface area contributed by atoms with Gasteiger partial charge in [-0.15, -0.1) is 0 Å². The van der Waals surface area contributed by atoms with Crippen molar-refractivity contribution < 1.29 is 38.7 Å². The van der Waals surface area contributed by atoms with E-state index in [-0.39, 0.29) is 12.2 Å². The van der Waals surface area contributed by atoms with Crippen LogP contribution in [0.3, 0.4) is 0 Å². The van der Waals surface area contributed by atoms with Gasteiger partial charge in [0.15, 0.2) is 0 Å². The molecule has 12 heavy (non-hydrogen) atoms. The zero-order valence-corrected chi connectivity index (χ0v) is 9.26. The van der Waals surface area contributed by atoms with E-state index in [2.05, 4.69) is 16.7 Å². The van der Waals surface area contributed by atoms with Gasteiger partial charge >= 0.3 is 78.6 Å². The van der Waals surface area contributed by atoms with E-state index < -0.39 is 18.6 Å². The standard InChI is InChI=1S/2C3H8O2.O.Ti/c2*1-3(2)5-4;;/h2*3-4H,1-2H3;;/q;;;+2/p-2. The molecule has 0 atom stereocenters. The Morgan fingerprint density at radius 1 is 0.917 bits per heavy atom. The molecule has 0 spiro atoms. The molecule has 0 aliphatic rings. The Bertz CT molecular complexity index is 122. The second kappa shape index (κ2) is 6.83. The molecule has 0 aromatic rings. The summed E-state index contributed by atoms with van der Waals surface area (Å²) < 4.78 is 19.6. The maximum atomic E-state index is 10.8. The van der Waals surface area contributed by atoms with Crippen LogP contribution < -0.4 is 0 Å². The minimum atomic E-state index is -3.26. The molecule has 0 saturated heterocycles. The molecule has 0 aliphatic heterocycles. The minimum absolute atomic E-state index is 0.135. The molecule has 5 nitrogen and oxygen atoms in total. The molecule has 72 valence electrons. The number of hydrogen-bond acceptors (Lipinski definition) is 5. The summed E-state index contributed by atoms with van der Waals surface area (Å²) in [5.74, 6) is 0. The molecular weight excluding hydrogens is 200 g/mol. The zero-order chi connectivity index (χ0) is 9.56. The molecule has 0 N–H and O–H groups in total. The van der Waals surface area contributed by atoms with E-state index in [1.54, 1.807) is 27.7 Å². The maximum absolute atomic E-state index is 10.8. The SMILES string of the molecule is CC(C)O[O][Ti](=[O])[O]OC(C)C. The molecule has 0 heterocycles. The topological polar surface area (TPSA) is 54.0 Å². The Morgan fingerprint density at radius 2 is 1.25 bits per heavy atom. The number of hydrogen-bond donors (Lipinski definition) is 0. The van der Waals surface area contributed by atoms with Crippen LogP contribution in [-0.4, -0.2) is 12.2 Å². The van der Waals surface area contributed by atoms with Crippen LogP contribution in [-0.2, 0) is 38.7 Å². The van der Waals surface area contributed by atoms with Gasteiger partial charge in [-0.1, -0.05) is 0 Å². The number of rotatable bonds is 6. The predicted octanol–water partition coefficient (Wildman–Crippen LogP) is 1.49. The zero-order valence-electron chi connectivity index (χ0n) is 7.70. The Kier molecular flexibility index (Phi) is 7.03. The van der Waals surface area contributed by atoms with Crippen LogP contribution in [0.25, 0.3) is 0 Å². The van der Waals surface area contributed by atoms with Crippen molar-refractivity contribution in [1.29, 1.82) is 0 Å². The van der Waals surface area contributed by atoms with Gasteiger partial charge in [0.05, 0.1) is 0 Å². The monoisotopic (exact) mass is 214 g/mol. The molecule has 0 unspecified atom stereocenters. The van der Waals surface area contributed by atoms with Gasteiger partial charge in [0.1, 0.15) is 0 Å². The molecule has 0 aromatic carbocycles. The molecule has 0 aromatic heterocycles. The summed E-state index contributed by atoms with van der Waals surface area (Å²) >= 11 is -3.26. The summed E-state index contributed by atoms with van der Waals surface area (Å²) in [6.07, 6.45) is -0.270. The summed E-state index contributed by atoms with van der Waals surface area (Å²) in [7, 11) is 0. The van der Waals surface area contributed by atoms with Crippen LogP contribution >= 0.6 is 0 Å². The van der Waals surface area contributed by atoms with E-state index in [0.717, 1.165) is 0 Å². The van der Waals surface area contributed by atoms with Gasteiger partial charge in [0.2, 0.25) is 0 Å². The van der Waals surface area contributed by atoms with Gasteiger partial charge in [0.25, 0.3) is 0 Å². The molecule has 0 rings (SSSR count). The van der Waals surface area contributed by atoms with Crippen LogP contribution in [0.1, 0.15) is 27.7 Å². The fourth-order valence-electron chi connectivity index (χ4n) is 0.285. The van der Waals surface area contributed by atoms with Crippen LogP contribution in [0.15, 0.2) is 0 Å². The van der Waals surface area contributed by atoms with E-state index in [1.165, 1.54) is 0 Å². The van der Waals surface area contributed by atoms with E-state index in [4.69, 9.17) is 0 Å². The van der Waals surface area contributed by atoms with Gasteiger partial charge in [-0.05, 0) is 0 Å². The molecular formula is C6H14O5Ti. The molecule has 0 fully saturated rings. The Morgan fingerprint density at radius 3 is 1.50 bits per heavy atom. The second-order valence-corrected chi connectivity index (χ2v) is 4.01. The van der Waals surface area contributed by atoms with Crippen LogP contribution in [0, 0.1) is 0 Å². The molecule has 0 saturated carbocycles. The van der Waals surface area contributed by atoms with Crippen LogP contribution in [0.5, 0.6) is 0 Å². The average Bonchev–Trinajstić information content (AvgIpc) is 1.96. The third kappa shape index (κ3) is 8.45. The summed E-state index contributed by atoms with van der Waals surface area (Å²) in [4.78, 5) is 9.18. The molecule has 6 heteroatoms. The Hall–Kier alpha value is 0.354. The average molecular weight is 214 g/mol. The van der Waals surface area contributed by atoms with E-state index in [9.17, 15) is 3.32 Å². The van der Waals surface area contributed by atoms with Crippen molar-refractivity contribution in [3.63, 3.8) is 0 Å². The van der Waals surface area contributed by atoms with Crippen molar-refractivity contribution in [2.45, 2.75) is 39.9 Å². The molecule has 0 bridgehead atoms. The van der Waals surface area contributed by atoms with Crippen molar-refractivity contribution in [2.24, 2.45) is 0 Å². The van der Waals surface area contributed by atoms with E-state index in [0.29, 0.717) is 0 Å². The van der Waals surface area contributed by atoms with Crippen molar-refractivity contribution in [1.82, 2.24) is 0 Å². The Balaban J connectivity index is 3.34. The summed E-state index contributed by atoms with van der Waals surface area (Å²) in [5.41, 5.74) is 0. The van der Waals surface area contributed by atoms with Crippen molar-refractivity contribution in [3.05, 3.63) is 0 Å². The molecule has 0 amide bonds. The van der Waals surface area contributed by atoms with Gasteiger partial charge in [-0.2, -0.15) is 0 Å². The first-order valence-electron chi connectivity index (χ1n) is 3.73. The Labute approximate surface area is 78.9 Å². The van der Waals surface area contributed by atoms with Crippen molar-refractivity contribution in [2.75, 3.05) is 0 Å². The molecule has 0 aliphatic carbocycles. The van der Waals surface area contributed by atoms with Crippen molar-refractivity contribution in [3.8, 4) is 0 Å². The van der Waals surface area contributed by atoms with E-state index in [1.807, 2.05) is 0 Å². The summed E-state index contributed by atoms with van der Waals surface area (Å²) in [6.45, 7) is 7.04. The first-order valence-corrected chi connectivity index (χ1v) is 5.64. The van der Waals surface area contributed by atoms with Crippen LogP contribution in [0.2, 0.25) is 0 Å². The summed E-state index contributed by atoms with van der Waals surface area (Å²) in [5, 5.41) is 0. The third-order valence-corrected chi connectivity index (χ3v) is 1.34. The van der Waals surface area contributed by atoms with Gasteiger partial charge in [0, 0.05) is 0 Å².